The zero-order valence-electron chi connectivity index (χ0n) is 13.6. The summed E-state index contributed by atoms with van der Waals surface area (Å²) in [6.45, 7) is 0.326. The molecule has 0 aliphatic carbocycles. The monoisotopic (exact) mass is 329 g/mol. The highest BCUT2D eigenvalue weighted by Crippen LogP contribution is 2.40. The van der Waals surface area contributed by atoms with Gasteiger partial charge in [0, 0.05) is 27.4 Å². The van der Waals surface area contributed by atoms with Crippen LogP contribution >= 0.6 is 0 Å². The number of hydrogen-bond donors (Lipinski definition) is 1. The molecule has 0 atom stereocenters. The number of esters is 1. The number of nitrogens with one attached hydrogen (secondary N) is 1. The first-order valence-corrected chi connectivity index (χ1v) is 8.14. The normalized spacial score (nSPS) is 13.2. The minimum atomic E-state index is -0.263. The van der Waals surface area contributed by atoms with E-state index in [1.807, 2.05) is 36.4 Å². The topological polar surface area (TPSA) is 51.3 Å². The van der Waals surface area contributed by atoms with Crippen LogP contribution in [0.2, 0.25) is 0 Å². The second-order valence-electron chi connectivity index (χ2n) is 6.18. The fourth-order valence-electron chi connectivity index (χ4n) is 3.65. The highest BCUT2D eigenvalue weighted by atomic mass is 16.5. The first-order chi connectivity index (χ1) is 12.3. The van der Waals surface area contributed by atoms with Gasteiger partial charge in [-0.05, 0) is 29.8 Å². The van der Waals surface area contributed by atoms with Gasteiger partial charge >= 0.3 is 5.97 Å². The van der Waals surface area contributed by atoms with Gasteiger partial charge < -0.3 is 14.5 Å². The third-order valence-corrected chi connectivity index (χ3v) is 4.83. The maximum atomic E-state index is 12.4. The van der Waals surface area contributed by atoms with Gasteiger partial charge in [-0.25, -0.2) is 4.79 Å². The lowest BCUT2D eigenvalue weighted by atomic mass is 9.93. The summed E-state index contributed by atoms with van der Waals surface area (Å²) in [6, 6.07) is 18.0. The number of carbonyl (C=O) groups is 1. The molecule has 0 spiro atoms. The fourth-order valence-corrected chi connectivity index (χ4v) is 3.65. The number of H-pyrrole nitrogens is 1. The van der Waals surface area contributed by atoms with Gasteiger partial charge in [-0.2, -0.15) is 0 Å². The Morgan fingerprint density at radius 1 is 1.00 bits per heavy atom. The molecular weight excluding hydrogens is 314 g/mol. The molecule has 0 amide bonds. The number of aromatic nitrogens is 1. The maximum absolute atomic E-state index is 12.4. The molecule has 5 rings (SSSR count). The van der Waals surface area contributed by atoms with Crippen LogP contribution in [0.25, 0.3) is 32.9 Å². The first kappa shape index (κ1) is 14.1. The van der Waals surface area contributed by atoms with Crippen LogP contribution in [0.3, 0.4) is 0 Å². The quantitative estimate of drug-likeness (QED) is 0.544. The van der Waals surface area contributed by atoms with E-state index >= 15 is 0 Å². The number of hydrogen-bond acceptors (Lipinski definition) is 3. The molecule has 0 saturated heterocycles. The summed E-state index contributed by atoms with van der Waals surface area (Å²) in [7, 11) is 1.64. The van der Waals surface area contributed by atoms with Gasteiger partial charge in [0.05, 0.1) is 18.2 Å². The molecule has 1 aliphatic rings. The van der Waals surface area contributed by atoms with E-state index in [-0.39, 0.29) is 5.97 Å². The molecule has 122 valence electrons. The average molecular weight is 329 g/mol. The van der Waals surface area contributed by atoms with Crippen molar-refractivity contribution in [1.82, 2.24) is 4.98 Å². The summed E-state index contributed by atoms with van der Waals surface area (Å²) in [5, 5.41) is 2.26. The van der Waals surface area contributed by atoms with Crippen molar-refractivity contribution >= 4 is 27.8 Å². The Balaban J connectivity index is 1.91. The Morgan fingerprint density at radius 3 is 2.60 bits per heavy atom. The molecule has 1 aromatic heterocycles. The molecule has 0 fully saturated rings. The Kier molecular flexibility index (Phi) is 2.88. The number of fused-ring (bicyclic) bond motifs is 4. The molecule has 2 heterocycles. The summed E-state index contributed by atoms with van der Waals surface area (Å²) in [5.74, 6) is 0.521. The largest absolute Gasteiger partial charge is 0.497 e. The maximum Gasteiger partial charge on any atom is 0.339 e. The molecule has 4 heteroatoms. The number of aromatic amines is 1. The molecule has 1 N–H and O–H groups in total. The molecular formula is C21H15NO3. The van der Waals surface area contributed by atoms with Crippen molar-refractivity contribution in [3.63, 3.8) is 0 Å². The predicted molar refractivity (Wildman–Crippen MR) is 96.9 cm³/mol. The Bertz CT molecular complexity index is 1140. The Hall–Kier alpha value is -3.27. The van der Waals surface area contributed by atoms with Gasteiger partial charge in [-0.1, -0.05) is 30.3 Å². The fraction of sp³-hybridized carbons (Fsp3) is 0.0952. The van der Waals surface area contributed by atoms with Crippen molar-refractivity contribution in [3.05, 3.63) is 65.7 Å². The minimum absolute atomic E-state index is 0.263. The van der Waals surface area contributed by atoms with Gasteiger partial charge in [0.2, 0.25) is 0 Å². The highest BCUT2D eigenvalue weighted by Gasteiger charge is 2.28. The summed E-state index contributed by atoms with van der Waals surface area (Å²) < 4.78 is 10.6. The van der Waals surface area contributed by atoms with Crippen molar-refractivity contribution < 1.29 is 14.3 Å². The van der Waals surface area contributed by atoms with Crippen LogP contribution < -0.4 is 4.74 Å². The molecule has 0 bridgehead atoms. The summed E-state index contributed by atoms with van der Waals surface area (Å²) in [4.78, 5) is 15.9. The van der Waals surface area contributed by atoms with Crippen molar-refractivity contribution in [3.8, 4) is 16.9 Å². The number of cyclic esters (lactones) is 1. The van der Waals surface area contributed by atoms with Gasteiger partial charge in [0.15, 0.2) is 0 Å². The van der Waals surface area contributed by atoms with E-state index in [1.165, 1.54) is 0 Å². The smallest absolute Gasteiger partial charge is 0.339 e. The zero-order valence-corrected chi connectivity index (χ0v) is 13.6. The van der Waals surface area contributed by atoms with Crippen molar-refractivity contribution in [1.29, 1.82) is 0 Å². The van der Waals surface area contributed by atoms with Crippen LogP contribution in [-0.4, -0.2) is 18.1 Å². The Labute approximate surface area is 144 Å². The van der Waals surface area contributed by atoms with Crippen molar-refractivity contribution in [2.75, 3.05) is 7.11 Å². The molecule has 0 radical (unpaired) electrons. The second-order valence-corrected chi connectivity index (χ2v) is 6.18. The van der Waals surface area contributed by atoms with Gasteiger partial charge in [0.25, 0.3) is 0 Å². The Morgan fingerprint density at radius 2 is 1.80 bits per heavy atom. The van der Waals surface area contributed by atoms with E-state index < -0.39 is 0 Å². The van der Waals surface area contributed by atoms with E-state index in [4.69, 9.17) is 9.47 Å². The van der Waals surface area contributed by atoms with Gasteiger partial charge in [-0.15, -0.1) is 0 Å². The van der Waals surface area contributed by atoms with Crippen molar-refractivity contribution in [2.45, 2.75) is 6.61 Å². The zero-order chi connectivity index (χ0) is 17.0. The minimum Gasteiger partial charge on any atom is -0.497 e. The third-order valence-electron chi connectivity index (χ3n) is 4.83. The van der Waals surface area contributed by atoms with Crippen LogP contribution in [-0.2, 0) is 11.3 Å². The van der Waals surface area contributed by atoms with E-state index in [9.17, 15) is 4.79 Å². The van der Waals surface area contributed by atoms with Crippen LogP contribution in [0.4, 0.5) is 0 Å². The van der Waals surface area contributed by atoms with Crippen LogP contribution in [0.5, 0.6) is 5.75 Å². The lowest BCUT2D eigenvalue weighted by Crippen LogP contribution is -1.98. The average Bonchev–Trinajstić information content (AvgIpc) is 3.21. The van der Waals surface area contributed by atoms with E-state index in [0.717, 1.165) is 44.2 Å². The van der Waals surface area contributed by atoms with Crippen LogP contribution in [0.1, 0.15) is 15.9 Å². The number of rotatable bonds is 2. The molecule has 4 nitrogen and oxygen atoms in total. The standard InChI is InChI=1S/C21H15NO3/c1-24-14-8-6-12(7-9-14)18-19-13(11-25-21(19)23)10-16-15-4-2-3-5-17(15)22-20(16)18/h2-10,22H,11H2,1H3. The molecule has 0 unspecified atom stereocenters. The molecule has 1 aliphatic heterocycles. The SMILES string of the molecule is COc1ccc(-c2c3c(cc4c2[nH]c2ccccc24)COC3=O)cc1. The van der Waals surface area contributed by atoms with E-state index in [2.05, 4.69) is 23.2 Å². The molecule has 4 aromatic rings. The third kappa shape index (κ3) is 1.97. The van der Waals surface area contributed by atoms with Crippen LogP contribution in [0, 0.1) is 0 Å². The summed E-state index contributed by atoms with van der Waals surface area (Å²) >= 11 is 0. The van der Waals surface area contributed by atoms with E-state index in [0.29, 0.717) is 12.2 Å². The number of benzene rings is 3. The van der Waals surface area contributed by atoms with Crippen molar-refractivity contribution in [2.24, 2.45) is 0 Å². The van der Waals surface area contributed by atoms with E-state index in [1.54, 1.807) is 7.11 Å². The lowest BCUT2D eigenvalue weighted by Gasteiger charge is -2.09. The second kappa shape index (κ2) is 5.11. The first-order valence-electron chi connectivity index (χ1n) is 8.14. The number of carbonyl (C=O) groups excluding carboxylic acids is 1. The number of para-hydroxylation sites is 1. The summed E-state index contributed by atoms with van der Waals surface area (Å²) in [5.41, 5.74) is 5.48. The lowest BCUT2D eigenvalue weighted by molar-refractivity contribution is 0.0535. The molecule has 0 saturated carbocycles. The van der Waals surface area contributed by atoms with Gasteiger partial charge in [0.1, 0.15) is 12.4 Å². The number of methoxy groups -OCH3 is 1. The van der Waals surface area contributed by atoms with Crippen LogP contribution in [0.15, 0.2) is 54.6 Å². The summed E-state index contributed by atoms with van der Waals surface area (Å²) in [6.07, 6.45) is 0. The molecule has 25 heavy (non-hydrogen) atoms. The predicted octanol–water partition coefficient (Wildman–Crippen LogP) is 4.67. The van der Waals surface area contributed by atoms with Gasteiger partial charge in [-0.3, -0.25) is 0 Å². The highest BCUT2D eigenvalue weighted by molar-refractivity contribution is 6.17. The number of ether oxygens (including phenoxy) is 2. The molecule has 3 aromatic carbocycles.